The van der Waals surface area contributed by atoms with Crippen molar-refractivity contribution < 1.29 is 9.66 Å². The molecule has 46 valence electrons. The Labute approximate surface area is 46.9 Å². The van der Waals surface area contributed by atoms with E-state index < -0.39 is 4.92 Å². The molecule has 0 saturated carbocycles. The van der Waals surface area contributed by atoms with Crippen LogP contribution in [-0.4, -0.2) is 18.6 Å². The van der Waals surface area contributed by atoms with Gasteiger partial charge in [0.2, 0.25) is 0 Å². The molecular formula is C4H7NO3. The maximum atomic E-state index is 9.63. The zero-order valence-corrected chi connectivity index (χ0v) is 4.59. The first kappa shape index (κ1) is 6.94. The molecule has 0 unspecified atom stereocenters. The molecule has 0 aromatic carbocycles. The fourth-order valence-electron chi connectivity index (χ4n) is 0.209. The van der Waals surface area contributed by atoms with E-state index in [4.69, 9.17) is 0 Å². The van der Waals surface area contributed by atoms with Crippen molar-refractivity contribution in [2.75, 3.05) is 13.7 Å². The van der Waals surface area contributed by atoms with Crippen LogP contribution in [0.2, 0.25) is 0 Å². The number of hydrogen-bond acceptors (Lipinski definition) is 3. The fraction of sp³-hybridized carbons (Fsp3) is 0.500. The zero-order chi connectivity index (χ0) is 6.57. The highest BCUT2D eigenvalue weighted by atomic mass is 16.6. The molecule has 0 aliphatic rings. The van der Waals surface area contributed by atoms with Crippen LogP contribution < -0.4 is 0 Å². The van der Waals surface area contributed by atoms with Gasteiger partial charge in [0, 0.05) is 4.92 Å². The maximum Gasteiger partial charge on any atom is 0.259 e. The summed E-state index contributed by atoms with van der Waals surface area (Å²) in [7, 11) is 1.35. The Morgan fingerprint density at radius 1 is 2.00 bits per heavy atom. The second kappa shape index (κ2) is 3.01. The fourth-order valence-corrected chi connectivity index (χ4v) is 0.209. The van der Waals surface area contributed by atoms with Crippen molar-refractivity contribution in [3.63, 3.8) is 0 Å². The standard InChI is InChI=1S/C4H7NO3/c1-4(8-2)3-5(6)7/h1,3H2,2H3. The summed E-state index contributed by atoms with van der Waals surface area (Å²) in [5.74, 6) is 0.176. The van der Waals surface area contributed by atoms with Crippen molar-refractivity contribution >= 4 is 0 Å². The SMILES string of the molecule is C=C(C[N+](=O)[O-])OC. The molecule has 0 atom stereocenters. The van der Waals surface area contributed by atoms with Gasteiger partial charge in [-0.25, -0.2) is 0 Å². The van der Waals surface area contributed by atoms with Gasteiger partial charge < -0.3 is 4.74 Å². The normalized spacial score (nSPS) is 8.12. The van der Waals surface area contributed by atoms with E-state index in [2.05, 4.69) is 11.3 Å². The Balaban J connectivity index is 3.40. The average molecular weight is 117 g/mol. The Morgan fingerprint density at radius 2 is 2.50 bits per heavy atom. The van der Waals surface area contributed by atoms with Gasteiger partial charge in [0.25, 0.3) is 6.54 Å². The smallest absolute Gasteiger partial charge is 0.259 e. The molecule has 0 amide bonds. The van der Waals surface area contributed by atoms with Crippen molar-refractivity contribution in [3.8, 4) is 0 Å². The molecule has 4 nitrogen and oxygen atoms in total. The Bertz CT molecular complexity index is 110. The third kappa shape index (κ3) is 3.14. The highest BCUT2D eigenvalue weighted by molar-refractivity contribution is 4.79. The number of nitrogens with zero attached hydrogens (tertiary/aromatic N) is 1. The average Bonchev–Trinajstić information content (AvgIpc) is 1.65. The quantitative estimate of drug-likeness (QED) is 0.306. The summed E-state index contributed by atoms with van der Waals surface area (Å²) in [5.41, 5.74) is 0. The number of nitro groups is 1. The Kier molecular flexibility index (Phi) is 2.61. The second-order valence-corrected chi connectivity index (χ2v) is 1.23. The van der Waals surface area contributed by atoms with E-state index in [1.165, 1.54) is 7.11 Å². The van der Waals surface area contributed by atoms with Gasteiger partial charge in [-0.05, 0) is 0 Å². The summed E-state index contributed by atoms with van der Waals surface area (Å²) in [5, 5.41) is 9.63. The van der Waals surface area contributed by atoms with E-state index in [1.807, 2.05) is 0 Å². The summed E-state index contributed by atoms with van der Waals surface area (Å²) in [6.07, 6.45) is 0. The van der Waals surface area contributed by atoms with Crippen LogP contribution in [0.5, 0.6) is 0 Å². The van der Waals surface area contributed by atoms with E-state index in [0.29, 0.717) is 0 Å². The molecule has 0 rings (SSSR count). The van der Waals surface area contributed by atoms with Crippen LogP contribution >= 0.6 is 0 Å². The highest BCUT2D eigenvalue weighted by Crippen LogP contribution is 1.87. The predicted octanol–water partition coefficient (Wildman–Crippen LogP) is 0.423. The molecule has 0 N–H and O–H groups in total. The minimum Gasteiger partial charge on any atom is -0.495 e. The minimum absolute atomic E-state index is 0.176. The summed E-state index contributed by atoms with van der Waals surface area (Å²) in [4.78, 5) is 9.14. The van der Waals surface area contributed by atoms with Gasteiger partial charge in [-0.3, -0.25) is 10.1 Å². The largest absolute Gasteiger partial charge is 0.495 e. The summed E-state index contributed by atoms with van der Waals surface area (Å²) in [6.45, 7) is 2.94. The lowest BCUT2D eigenvalue weighted by Gasteiger charge is -1.94. The van der Waals surface area contributed by atoms with E-state index in [9.17, 15) is 10.1 Å². The van der Waals surface area contributed by atoms with Crippen LogP contribution in [0, 0.1) is 10.1 Å². The highest BCUT2D eigenvalue weighted by Gasteiger charge is 1.98. The van der Waals surface area contributed by atoms with Crippen molar-refractivity contribution in [2.24, 2.45) is 0 Å². The molecule has 0 aliphatic carbocycles. The van der Waals surface area contributed by atoms with Gasteiger partial charge in [0.15, 0.2) is 5.76 Å². The molecule has 0 radical (unpaired) electrons. The van der Waals surface area contributed by atoms with Gasteiger partial charge in [0.05, 0.1) is 7.11 Å². The molecule has 0 spiro atoms. The zero-order valence-electron chi connectivity index (χ0n) is 4.59. The topological polar surface area (TPSA) is 52.4 Å². The summed E-state index contributed by atoms with van der Waals surface area (Å²) < 4.78 is 4.42. The summed E-state index contributed by atoms with van der Waals surface area (Å²) in [6, 6.07) is 0. The van der Waals surface area contributed by atoms with E-state index >= 15 is 0 Å². The lowest BCUT2D eigenvalue weighted by molar-refractivity contribution is -0.474. The third-order valence-corrected chi connectivity index (χ3v) is 0.594. The van der Waals surface area contributed by atoms with Crippen molar-refractivity contribution in [3.05, 3.63) is 22.5 Å². The third-order valence-electron chi connectivity index (χ3n) is 0.594. The molecule has 8 heavy (non-hydrogen) atoms. The molecule has 0 fully saturated rings. The molecular weight excluding hydrogens is 110 g/mol. The van der Waals surface area contributed by atoms with Gasteiger partial charge in [-0.15, -0.1) is 0 Å². The van der Waals surface area contributed by atoms with Gasteiger partial charge in [0.1, 0.15) is 0 Å². The van der Waals surface area contributed by atoms with Crippen LogP contribution in [0.4, 0.5) is 0 Å². The Hall–Kier alpha value is -1.06. The van der Waals surface area contributed by atoms with E-state index in [0.717, 1.165) is 0 Å². The van der Waals surface area contributed by atoms with Crippen LogP contribution in [0.3, 0.4) is 0 Å². The van der Waals surface area contributed by atoms with Crippen molar-refractivity contribution in [2.45, 2.75) is 0 Å². The monoisotopic (exact) mass is 117 g/mol. The predicted molar refractivity (Wildman–Crippen MR) is 28.0 cm³/mol. The first-order chi connectivity index (χ1) is 3.66. The van der Waals surface area contributed by atoms with Gasteiger partial charge in [-0.2, -0.15) is 0 Å². The van der Waals surface area contributed by atoms with Crippen LogP contribution in [0.25, 0.3) is 0 Å². The molecule has 0 heterocycles. The minimum atomic E-state index is -0.494. The number of methoxy groups -OCH3 is 1. The molecule has 0 aromatic rings. The van der Waals surface area contributed by atoms with Gasteiger partial charge in [-0.1, -0.05) is 6.58 Å². The molecule has 0 saturated heterocycles. The molecule has 0 aromatic heterocycles. The van der Waals surface area contributed by atoms with Crippen LogP contribution in [0.1, 0.15) is 0 Å². The van der Waals surface area contributed by atoms with Crippen LogP contribution in [-0.2, 0) is 4.74 Å². The second-order valence-electron chi connectivity index (χ2n) is 1.23. The number of hydrogen-bond donors (Lipinski definition) is 0. The molecule has 4 heteroatoms. The molecule has 0 bridgehead atoms. The first-order valence-corrected chi connectivity index (χ1v) is 2.00. The van der Waals surface area contributed by atoms with Gasteiger partial charge >= 0.3 is 0 Å². The van der Waals surface area contributed by atoms with E-state index in [1.54, 1.807) is 0 Å². The molecule has 0 aliphatic heterocycles. The lowest BCUT2D eigenvalue weighted by Crippen LogP contribution is -2.03. The van der Waals surface area contributed by atoms with E-state index in [-0.39, 0.29) is 12.3 Å². The Morgan fingerprint density at radius 3 is 2.62 bits per heavy atom. The van der Waals surface area contributed by atoms with Crippen molar-refractivity contribution in [1.29, 1.82) is 0 Å². The number of rotatable bonds is 3. The lowest BCUT2D eigenvalue weighted by atomic mass is 10.6. The van der Waals surface area contributed by atoms with Crippen LogP contribution in [0.15, 0.2) is 12.3 Å². The maximum absolute atomic E-state index is 9.63. The first-order valence-electron chi connectivity index (χ1n) is 2.00. The summed E-state index contributed by atoms with van der Waals surface area (Å²) >= 11 is 0. The van der Waals surface area contributed by atoms with Crippen molar-refractivity contribution in [1.82, 2.24) is 0 Å². The number of ether oxygens (including phenoxy) is 1.